The van der Waals surface area contributed by atoms with Gasteiger partial charge in [0.2, 0.25) is 0 Å². The standard InChI is InChI=1S/C14H26N2O/c1-17-10-12-9-16(11-14(12)5-2-6-14)13-3-7-15-8-4-13/h12-13,15H,2-11H2,1H3/t12-/m1/s1. The summed E-state index contributed by atoms with van der Waals surface area (Å²) in [5.74, 6) is 0.802. The highest BCUT2D eigenvalue weighted by Gasteiger charge is 2.51. The summed E-state index contributed by atoms with van der Waals surface area (Å²) in [7, 11) is 1.86. The highest BCUT2D eigenvalue weighted by atomic mass is 16.5. The first-order valence-electron chi connectivity index (χ1n) is 7.28. The Labute approximate surface area is 105 Å². The van der Waals surface area contributed by atoms with Crippen LogP contribution in [0.5, 0.6) is 0 Å². The van der Waals surface area contributed by atoms with Gasteiger partial charge in [-0.3, -0.25) is 4.90 Å². The van der Waals surface area contributed by atoms with Gasteiger partial charge in [0.25, 0.3) is 0 Å². The van der Waals surface area contributed by atoms with Gasteiger partial charge in [0.15, 0.2) is 0 Å². The molecule has 17 heavy (non-hydrogen) atoms. The normalized spacial score (nSPS) is 34.1. The van der Waals surface area contributed by atoms with Crippen LogP contribution in [0.2, 0.25) is 0 Å². The lowest BCUT2D eigenvalue weighted by Gasteiger charge is -2.43. The van der Waals surface area contributed by atoms with Gasteiger partial charge >= 0.3 is 0 Å². The minimum absolute atomic E-state index is 0.640. The van der Waals surface area contributed by atoms with Gasteiger partial charge < -0.3 is 10.1 Å². The van der Waals surface area contributed by atoms with Gasteiger partial charge in [-0.05, 0) is 44.2 Å². The molecular weight excluding hydrogens is 212 g/mol. The fourth-order valence-corrected chi connectivity index (χ4v) is 4.15. The Balaban J connectivity index is 1.64. The molecule has 0 radical (unpaired) electrons. The summed E-state index contributed by atoms with van der Waals surface area (Å²) in [6.07, 6.45) is 7.02. The lowest BCUT2D eigenvalue weighted by molar-refractivity contribution is 0.0357. The number of nitrogens with zero attached hydrogens (tertiary/aromatic N) is 1. The maximum atomic E-state index is 5.45. The van der Waals surface area contributed by atoms with Crippen molar-refractivity contribution in [2.24, 2.45) is 11.3 Å². The number of hydrogen-bond donors (Lipinski definition) is 1. The van der Waals surface area contributed by atoms with E-state index in [0.717, 1.165) is 18.6 Å². The first-order chi connectivity index (χ1) is 8.34. The van der Waals surface area contributed by atoms with E-state index in [2.05, 4.69) is 10.2 Å². The topological polar surface area (TPSA) is 24.5 Å². The highest BCUT2D eigenvalue weighted by Crippen LogP contribution is 2.52. The van der Waals surface area contributed by atoms with E-state index in [4.69, 9.17) is 4.74 Å². The van der Waals surface area contributed by atoms with Gasteiger partial charge in [-0.1, -0.05) is 6.42 Å². The predicted octanol–water partition coefficient (Wildman–Crippen LogP) is 1.49. The molecule has 0 unspecified atom stereocenters. The zero-order valence-corrected chi connectivity index (χ0v) is 11.1. The maximum absolute atomic E-state index is 5.45. The number of likely N-dealkylation sites (tertiary alicyclic amines) is 1. The second-order valence-corrected chi connectivity index (χ2v) is 6.28. The summed E-state index contributed by atoms with van der Waals surface area (Å²) in [6.45, 7) is 6.04. The van der Waals surface area contributed by atoms with Crippen molar-refractivity contribution in [1.82, 2.24) is 10.2 Å². The van der Waals surface area contributed by atoms with Gasteiger partial charge in [0, 0.05) is 32.2 Å². The van der Waals surface area contributed by atoms with Crippen molar-refractivity contribution < 1.29 is 4.74 Å². The van der Waals surface area contributed by atoms with Crippen LogP contribution >= 0.6 is 0 Å². The van der Waals surface area contributed by atoms with Gasteiger partial charge in [0.05, 0.1) is 6.61 Å². The van der Waals surface area contributed by atoms with E-state index in [1.807, 2.05) is 7.11 Å². The van der Waals surface area contributed by atoms with Crippen LogP contribution in [0.3, 0.4) is 0 Å². The third-order valence-corrected chi connectivity index (χ3v) is 5.38. The molecule has 0 amide bonds. The maximum Gasteiger partial charge on any atom is 0.0508 e. The van der Waals surface area contributed by atoms with E-state index in [1.54, 1.807) is 0 Å². The fourth-order valence-electron chi connectivity index (χ4n) is 4.15. The van der Waals surface area contributed by atoms with Crippen molar-refractivity contribution in [3.63, 3.8) is 0 Å². The van der Waals surface area contributed by atoms with Crippen LogP contribution in [0.15, 0.2) is 0 Å². The van der Waals surface area contributed by atoms with Crippen LogP contribution in [-0.2, 0) is 4.74 Å². The molecule has 3 nitrogen and oxygen atoms in total. The molecule has 2 heterocycles. The molecule has 0 aromatic carbocycles. The largest absolute Gasteiger partial charge is 0.384 e. The molecule has 1 atom stereocenters. The summed E-state index contributed by atoms with van der Waals surface area (Å²) in [6, 6.07) is 0.843. The molecule has 0 aromatic rings. The van der Waals surface area contributed by atoms with Gasteiger partial charge in [0.1, 0.15) is 0 Å². The average Bonchev–Trinajstić information content (AvgIpc) is 2.70. The molecule has 0 aromatic heterocycles. The molecule has 2 aliphatic heterocycles. The smallest absolute Gasteiger partial charge is 0.0508 e. The lowest BCUT2D eigenvalue weighted by Crippen LogP contribution is -2.44. The van der Waals surface area contributed by atoms with E-state index in [1.165, 1.54) is 58.3 Å². The number of nitrogens with one attached hydrogen (secondary N) is 1. The van der Waals surface area contributed by atoms with Gasteiger partial charge in [-0.25, -0.2) is 0 Å². The summed E-state index contributed by atoms with van der Waals surface area (Å²) in [4.78, 5) is 2.78. The van der Waals surface area contributed by atoms with Crippen LogP contribution in [0, 0.1) is 11.3 Å². The molecule has 1 N–H and O–H groups in total. The minimum atomic E-state index is 0.640. The first kappa shape index (κ1) is 11.9. The zero-order chi connectivity index (χ0) is 11.7. The Morgan fingerprint density at radius 2 is 2.06 bits per heavy atom. The molecule has 3 rings (SSSR count). The van der Waals surface area contributed by atoms with Gasteiger partial charge in [-0.2, -0.15) is 0 Å². The van der Waals surface area contributed by atoms with Crippen LogP contribution < -0.4 is 5.32 Å². The second-order valence-electron chi connectivity index (χ2n) is 6.28. The van der Waals surface area contributed by atoms with E-state index in [-0.39, 0.29) is 0 Å². The SMILES string of the molecule is COC[C@H]1CN(C2CCNCC2)CC12CCC2. The number of ether oxygens (including phenoxy) is 1. The van der Waals surface area contributed by atoms with Crippen molar-refractivity contribution in [2.75, 3.05) is 39.9 Å². The number of piperidine rings is 1. The van der Waals surface area contributed by atoms with Crippen molar-refractivity contribution in [3.05, 3.63) is 0 Å². The number of methoxy groups -OCH3 is 1. The zero-order valence-electron chi connectivity index (χ0n) is 11.1. The number of hydrogen-bond acceptors (Lipinski definition) is 3. The third-order valence-electron chi connectivity index (χ3n) is 5.38. The molecule has 3 aliphatic rings. The van der Waals surface area contributed by atoms with E-state index in [0.29, 0.717) is 5.41 Å². The Morgan fingerprint density at radius 1 is 1.29 bits per heavy atom. The van der Waals surface area contributed by atoms with Crippen LogP contribution in [0.4, 0.5) is 0 Å². The van der Waals surface area contributed by atoms with Crippen LogP contribution in [0.1, 0.15) is 32.1 Å². The first-order valence-corrected chi connectivity index (χ1v) is 7.28. The van der Waals surface area contributed by atoms with Gasteiger partial charge in [-0.15, -0.1) is 0 Å². The van der Waals surface area contributed by atoms with E-state index >= 15 is 0 Å². The molecule has 1 spiro atoms. The highest BCUT2D eigenvalue weighted by molar-refractivity contribution is 5.03. The summed E-state index contributed by atoms with van der Waals surface area (Å²) in [5, 5.41) is 3.47. The third kappa shape index (κ3) is 2.13. The quantitative estimate of drug-likeness (QED) is 0.806. The van der Waals surface area contributed by atoms with Crippen molar-refractivity contribution in [2.45, 2.75) is 38.1 Å². The Hall–Kier alpha value is -0.120. The summed E-state index contributed by atoms with van der Waals surface area (Å²) < 4.78 is 5.45. The lowest BCUT2D eigenvalue weighted by atomic mass is 9.63. The van der Waals surface area contributed by atoms with Crippen molar-refractivity contribution >= 4 is 0 Å². The molecule has 0 bridgehead atoms. The van der Waals surface area contributed by atoms with Crippen molar-refractivity contribution in [1.29, 1.82) is 0 Å². The second kappa shape index (κ2) is 4.87. The molecule has 3 fully saturated rings. The minimum Gasteiger partial charge on any atom is -0.384 e. The Morgan fingerprint density at radius 3 is 2.65 bits per heavy atom. The molecule has 3 heteroatoms. The van der Waals surface area contributed by atoms with Crippen molar-refractivity contribution in [3.8, 4) is 0 Å². The van der Waals surface area contributed by atoms with E-state index in [9.17, 15) is 0 Å². The predicted molar refractivity (Wildman–Crippen MR) is 69.1 cm³/mol. The molecule has 98 valence electrons. The number of rotatable bonds is 3. The molecule has 2 saturated heterocycles. The molecule has 1 saturated carbocycles. The summed E-state index contributed by atoms with van der Waals surface area (Å²) in [5.41, 5.74) is 0.640. The monoisotopic (exact) mass is 238 g/mol. The molecular formula is C14H26N2O. The van der Waals surface area contributed by atoms with Crippen LogP contribution in [-0.4, -0.2) is 50.8 Å². The van der Waals surface area contributed by atoms with Crippen LogP contribution in [0.25, 0.3) is 0 Å². The Bertz CT molecular complexity index is 259. The molecule has 1 aliphatic carbocycles. The Kier molecular flexibility index (Phi) is 3.42. The average molecular weight is 238 g/mol. The summed E-state index contributed by atoms with van der Waals surface area (Å²) >= 11 is 0. The van der Waals surface area contributed by atoms with E-state index < -0.39 is 0 Å². The fraction of sp³-hybridized carbons (Fsp3) is 1.00.